The summed E-state index contributed by atoms with van der Waals surface area (Å²) in [5, 5.41) is 9.92. The number of likely N-dealkylation sites (N-methyl/N-ethyl adjacent to an activating group) is 1. The third-order valence-corrected chi connectivity index (χ3v) is 2.79. The number of benzene rings is 1. The van der Waals surface area contributed by atoms with Crippen molar-refractivity contribution in [3.63, 3.8) is 0 Å². The van der Waals surface area contributed by atoms with Crippen molar-refractivity contribution < 1.29 is 14.6 Å². The number of esters is 1. The summed E-state index contributed by atoms with van der Waals surface area (Å²) in [7, 11) is 1.32. The molecule has 0 aliphatic rings. The van der Waals surface area contributed by atoms with E-state index >= 15 is 0 Å². The van der Waals surface area contributed by atoms with Gasteiger partial charge in [-0.1, -0.05) is 6.07 Å². The maximum absolute atomic E-state index is 11.6. The molecule has 0 aliphatic carbocycles. The van der Waals surface area contributed by atoms with E-state index < -0.39 is 11.6 Å². The van der Waals surface area contributed by atoms with E-state index in [-0.39, 0.29) is 0 Å². The standard InChI is InChI=1S/C14H22N2O3/c1-5-16(9-14(2,3)18)11-8-6-7-10(12(11)15)13(17)19-4/h6-8,18H,5,9,15H2,1-4H3. The number of aliphatic hydroxyl groups is 1. The second-order valence-corrected chi connectivity index (χ2v) is 5.06. The number of carbonyl (C=O) groups excluding carboxylic acids is 1. The van der Waals surface area contributed by atoms with Crippen molar-refractivity contribution in [2.24, 2.45) is 0 Å². The Balaban J connectivity index is 3.15. The highest BCUT2D eigenvalue weighted by molar-refractivity contribution is 5.98. The number of carbonyl (C=O) groups is 1. The van der Waals surface area contributed by atoms with Crippen LogP contribution in [0.25, 0.3) is 0 Å². The summed E-state index contributed by atoms with van der Waals surface area (Å²) in [4.78, 5) is 13.5. The van der Waals surface area contributed by atoms with Crippen LogP contribution in [0.15, 0.2) is 18.2 Å². The lowest BCUT2D eigenvalue weighted by atomic mass is 10.1. The van der Waals surface area contributed by atoms with E-state index in [1.165, 1.54) is 7.11 Å². The van der Waals surface area contributed by atoms with Crippen molar-refractivity contribution in [1.29, 1.82) is 0 Å². The van der Waals surface area contributed by atoms with Gasteiger partial charge in [-0.25, -0.2) is 4.79 Å². The van der Waals surface area contributed by atoms with Gasteiger partial charge in [0.05, 0.1) is 29.6 Å². The topological polar surface area (TPSA) is 75.8 Å². The van der Waals surface area contributed by atoms with E-state index in [1.54, 1.807) is 26.0 Å². The Morgan fingerprint density at radius 2 is 2.11 bits per heavy atom. The molecule has 0 aliphatic heterocycles. The van der Waals surface area contributed by atoms with Crippen LogP contribution in [-0.2, 0) is 4.74 Å². The van der Waals surface area contributed by atoms with Gasteiger partial charge in [0.2, 0.25) is 0 Å². The first-order chi connectivity index (χ1) is 8.80. The lowest BCUT2D eigenvalue weighted by Crippen LogP contribution is -2.39. The predicted molar refractivity (Wildman–Crippen MR) is 76.4 cm³/mol. The van der Waals surface area contributed by atoms with Crippen molar-refractivity contribution >= 4 is 17.3 Å². The van der Waals surface area contributed by atoms with Gasteiger partial charge in [-0.15, -0.1) is 0 Å². The van der Waals surface area contributed by atoms with Gasteiger partial charge in [-0.05, 0) is 32.9 Å². The highest BCUT2D eigenvalue weighted by Crippen LogP contribution is 2.28. The molecule has 1 rings (SSSR count). The molecule has 0 saturated heterocycles. The van der Waals surface area contributed by atoms with Crippen molar-refractivity contribution in [2.45, 2.75) is 26.4 Å². The Bertz CT molecular complexity index is 452. The minimum atomic E-state index is -0.844. The van der Waals surface area contributed by atoms with Crippen LogP contribution in [0.4, 0.5) is 11.4 Å². The molecule has 106 valence electrons. The molecule has 5 heteroatoms. The highest BCUT2D eigenvalue weighted by atomic mass is 16.5. The van der Waals surface area contributed by atoms with Gasteiger partial charge in [0, 0.05) is 13.1 Å². The number of nitrogens with two attached hydrogens (primary N) is 1. The minimum Gasteiger partial charge on any atom is -0.465 e. The molecular formula is C14H22N2O3. The third-order valence-electron chi connectivity index (χ3n) is 2.79. The highest BCUT2D eigenvalue weighted by Gasteiger charge is 2.21. The number of anilines is 2. The second-order valence-electron chi connectivity index (χ2n) is 5.06. The summed E-state index contributed by atoms with van der Waals surface area (Å²) >= 11 is 0. The molecule has 0 amide bonds. The van der Waals surface area contributed by atoms with E-state index in [4.69, 9.17) is 10.5 Å². The molecule has 19 heavy (non-hydrogen) atoms. The van der Waals surface area contributed by atoms with Gasteiger partial charge in [-0.3, -0.25) is 0 Å². The Kier molecular flexibility index (Phi) is 4.78. The molecular weight excluding hydrogens is 244 g/mol. The lowest BCUT2D eigenvalue weighted by molar-refractivity contribution is 0.0602. The summed E-state index contributed by atoms with van der Waals surface area (Å²) in [6, 6.07) is 5.21. The van der Waals surface area contributed by atoms with Crippen LogP contribution in [0.5, 0.6) is 0 Å². The number of hydrogen-bond donors (Lipinski definition) is 2. The normalized spacial score (nSPS) is 11.2. The maximum Gasteiger partial charge on any atom is 0.340 e. The summed E-state index contributed by atoms with van der Waals surface area (Å²) < 4.78 is 4.70. The van der Waals surface area contributed by atoms with Crippen LogP contribution in [0.3, 0.4) is 0 Å². The van der Waals surface area contributed by atoms with Gasteiger partial charge < -0.3 is 20.5 Å². The third kappa shape index (κ3) is 3.86. The molecule has 1 aromatic carbocycles. The van der Waals surface area contributed by atoms with Crippen LogP contribution in [-0.4, -0.2) is 36.9 Å². The fourth-order valence-corrected chi connectivity index (χ4v) is 1.95. The van der Waals surface area contributed by atoms with Crippen molar-refractivity contribution in [1.82, 2.24) is 0 Å². The molecule has 0 fully saturated rings. The summed E-state index contributed by atoms with van der Waals surface area (Å²) in [6.07, 6.45) is 0. The van der Waals surface area contributed by atoms with Gasteiger partial charge in [-0.2, -0.15) is 0 Å². The maximum atomic E-state index is 11.6. The van der Waals surface area contributed by atoms with E-state index in [0.717, 1.165) is 5.69 Å². The number of ether oxygens (including phenoxy) is 1. The Morgan fingerprint density at radius 1 is 1.47 bits per heavy atom. The first-order valence-electron chi connectivity index (χ1n) is 6.24. The van der Waals surface area contributed by atoms with Crippen molar-refractivity contribution in [3.05, 3.63) is 23.8 Å². The average molecular weight is 266 g/mol. The monoisotopic (exact) mass is 266 g/mol. The predicted octanol–water partition coefficient (Wildman–Crippen LogP) is 1.65. The smallest absolute Gasteiger partial charge is 0.340 e. The molecule has 0 atom stereocenters. The fraction of sp³-hybridized carbons (Fsp3) is 0.500. The van der Waals surface area contributed by atoms with E-state index in [9.17, 15) is 9.90 Å². The Morgan fingerprint density at radius 3 is 2.58 bits per heavy atom. The SMILES string of the molecule is CCN(CC(C)(C)O)c1cccc(C(=O)OC)c1N. The minimum absolute atomic E-state index is 0.342. The van der Waals surface area contributed by atoms with Crippen LogP contribution in [0.2, 0.25) is 0 Å². The van der Waals surface area contributed by atoms with Gasteiger partial charge >= 0.3 is 5.97 Å². The molecule has 3 N–H and O–H groups in total. The van der Waals surface area contributed by atoms with Crippen molar-refractivity contribution in [2.75, 3.05) is 30.8 Å². The zero-order valence-electron chi connectivity index (χ0n) is 11.9. The van der Waals surface area contributed by atoms with E-state index in [2.05, 4.69) is 0 Å². The van der Waals surface area contributed by atoms with E-state index in [1.807, 2.05) is 17.9 Å². The number of hydrogen-bond acceptors (Lipinski definition) is 5. The number of nitrogen functional groups attached to an aromatic ring is 1. The molecule has 0 radical (unpaired) electrons. The quantitative estimate of drug-likeness (QED) is 0.626. The second kappa shape index (κ2) is 5.93. The number of para-hydroxylation sites is 1. The molecule has 0 unspecified atom stereocenters. The first-order valence-corrected chi connectivity index (χ1v) is 6.24. The number of methoxy groups -OCH3 is 1. The molecule has 0 heterocycles. The van der Waals surface area contributed by atoms with Crippen LogP contribution in [0, 0.1) is 0 Å². The summed E-state index contributed by atoms with van der Waals surface area (Å²) in [5.41, 5.74) is 6.63. The van der Waals surface area contributed by atoms with Crippen molar-refractivity contribution in [3.8, 4) is 0 Å². The zero-order chi connectivity index (χ0) is 14.6. The molecule has 0 aromatic heterocycles. The summed E-state index contributed by atoms with van der Waals surface area (Å²) in [6.45, 7) is 6.54. The fourth-order valence-electron chi connectivity index (χ4n) is 1.95. The first kappa shape index (κ1) is 15.3. The van der Waals surface area contributed by atoms with E-state index in [0.29, 0.717) is 24.3 Å². The Labute approximate surface area is 114 Å². The molecule has 0 saturated carbocycles. The number of nitrogens with zero attached hydrogens (tertiary/aromatic N) is 1. The largest absolute Gasteiger partial charge is 0.465 e. The molecule has 1 aromatic rings. The molecule has 0 bridgehead atoms. The zero-order valence-corrected chi connectivity index (χ0v) is 11.9. The number of rotatable bonds is 5. The van der Waals surface area contributed by atoms with Gasteiger partial charge in [0.25, 0.3) is 0 Å². The molecule has 5 nitrogen and oxygen atoms in total. The average Bonchev–Trinajstić information content (AvgIpc) is 2.34. The summed E-state index contributed by atoms with van der Waals surface area (Å²) in [5.74, 6) is -0.460. The van der Waals surface area contributed by atoms with Crippen LogP contribution >= 0.6 is 0 Å². The Hall–Kier alpha value is -1.75. The van der Waals surface area contributed by atoms with Crippen LogP contribution < -0.4 is 10.6 Å². The van der Waals surface area contributed by atoms with Gasteiger partial charge in [0.15, 0.2) is 0 Å². The van der Waals surface area contributed by atoms with Crippen LogP contribution in [0.1, 0.15) is 31.1 Å². The van der Waals surface area contributed by atoms with Gasteiger partial charge in [0.1, 0.15) is 0 Å². The lowest BCUT2D eigenvalue weighted by Gasteiger charge is -2.31. The molecule has 0 spiro atoms.